The number of fused-ring (bicyclic) bond motifs is 3. The monoisotopic (exact) mass is 385 g/mol. The quantitative estimate of drug-likeness (QED) is 0.507. The first-order chi connectivity index (χ1) is 13.8. The van der Waals surface area contributed by atoms with Gasteiger partial charge in [0.25, 0.3) is 0 Å². The lowest BCUT2D eigenvalue weighted by atomic mass is 9.74. The average molecular weight is 385 g/mol. The minimum atomic E-state index is -2.99. The molecule has 1 aliphatic heterocycles. The van der Waals surface area contributed by atoms with Gasteiger partial charge in [0.05, 0.1) is 11.1 Å². The van der Waals surface area contributed by atoms with E-state index < -0.39 is 7.14 Å². The first kappa shape index (κ1) is 17.6. The molecule has 0 N–H and O–H groups in total. The summed E-state index contributed by atoms with van der Waals surface area (Å²) >= 11 is 0. The minimum Gasteiger partial charge on any atom is -0.307 e. The number of para-hydroxylation sites is 1. The van der Waals surface area contributed by atoms with Crippen LogP contribution in [0.5, 0.6) is 0 Å². The van der Waals surface area contributed by atoms with Crippen molar-refractivity contribution in [3.05, 3.63) is 90.5 Å². The summed E-state index contributed by atoms with van der Waals surface area (Å²) < 4.78 is 14.9. The van der Waals surface area contributed by atoms with Crippen molar-refractivity contribution in [2.24, 2.45) is 10.9 Å². The highest BCUT2D eigenvalue weighted by molar-refractivity contribution is 7.93. The second kappa shape index (κ2) is 7.18. The Kier molecular flexibility index (Phi) is 4.53. The Bertz CT molecular complexity index is 1010. The van der Waals surface area contributed by atoms with E-state index >= 15 is 0 Å². The van der Waals surface area contributed by atoms with Crippen LogP contribution in [0.4, 0.5) is 5.69 Å². The number of nitrogens with zero attached hydrogens (tertiary/aromatic N) is 1. The Labute approximate surface area is 166 Å². The van der Waals surface area contributed by atoms with E-state index in [4.69, 9.17) is 4.99 Å². The van der Waals surface area contributed by atoms with Gasteiger partial charge in [-0.3, -0.25) is 0 Å². The molecule has 1 heterocycles. The van der Waals surface area contributed by atoms with Gasteiger partial charge in [-0.1, -0.05) is 91.7 Å². The largest absolute Gasteiger partial charge is 0.307 e. The first-order valence-corrected chi connectivity index (χ1v) is 11.9. The molecule has 2 nitrogen and oxygen atoms in total. The summed E-state index contributed by atoms with van der Waals surface area (Å²) in [5.41, 5.74) is 3.25. The molecule has 1 saturated carbocycles. The summed E-state index contributed by atoms with van der Waals surface area (Å²) in [4.78, 5) is 5.11. The van der Waals surface area contributed by atoms with Gasteiger partial charge in [-0.15, -0.1) is 0 Å². The van der Waals surface area contributed by atoms with E-state index in [1.807, 2.05) is 66.7 Å². The number of rotatable bonds is 3. The Morgan fingerprint density at radius 3 is 1.86 bits per heavy atom. The maximum Gasteiger partial charge on any atom is 0.184 e. The van der Waals surface area contributed by atoms with Gasteiger partial charge in [0.15, 0.2) is 7.14 Å². The van der Waals surface area contributed by atoms with E-state index in [1.165, 1.54) is 18.4 Å². The van der Waals surface area contributed by atoms with Gasteiger partial charge in [0, 0.05) is 16.5 Å². The molecule has 0 bridgehead atoms. The van der Waals surface area contributed by atoms with Crippen LogP contribution >= 0.6 is 7.14 Å². The van der Waals surface area contributed by atoms with E-state index in [9.17, 15) is 4.57 Å². The lowest BCUT2D eigenvalue weighted by Crippen LogP contribution is -2.34. The third-order valence-corrected chi connectivity index (χ3v) is 9.36. The molecule has 0 amide bonds. The first-order valence-electron chi connectivity index (χ1n) is 10.2. The van der Waals surface area contributed by atoms with Crippen LogP contribution in [-0.4, -0.2) is 5.45 Å². The Morgan fingerprint density at radius 1 is 0.679 bits per heavy atom. The molecule has 3 heteroatoms. The van der Waals surface area contributed by atoms with Crippen LogP contribution in [0.25, 0.3) is 0 Å². The predicted octanol–water partition coefficient (Wildman–Crippen LogP) is 6.02. The highest BCUT2D eigenvalue weighted by atomic mass is 31.2. The Morgan fingerprint density at radius 2 is 1.21 bits per heavy atom. The fraction of sp³-hybridized carbons (Fsp3) is 0.240. The molecular weight excluding hydrogens is 361 g/mol. The topological polar surface area (TPSA) is 29.4 Å². The molecule has 3 aromatic carbocycles. The standard InChI is InChI=1S/C25H24NOP/c27-28(19-11-3-1-4-12-19,20-13-5-2-6-14-20)25-23-17-8-7-15-21(23)22-16-9-10-18-24(22)26-25/h1-6,9-14,16,18,21,23H,7-8,15,17H2/t21?,23-/m1/s1. The summed E-state index contributed by atoms with van der Waals surface area (Å²) in [6.07, 6.45) is 4.65. The van der Waals surface area contributed by atoms with Crippen molar-refractivity contribution in [3.8, 4) is 0 Å². The highest BCUT2D eigenvalue weighted by Gasteiger charge is 2.44. The lowest BCUT2D eigenvalue weighted by molar-refractivity contribution is 0.380. The second-order valence-electron chi connectivity index (χ2n) is 7.81. The number of benzene rings is 3. The summed E-state index contributed by atoms with van der Waals surface area (Å²) in [5.74, 6) is 0.688. The number of hydrogen-bond acceptors (Lipinski definition) is 2. The predicted molar refractivity (Wildman–Crippen MR) is 118 cm³/mol. The molecule has 1 unspecified atom stereocenters. The molecule has 3 aromatic rings. The van der Waals surface area contributed by atoms with E-state index in [2.05, 4.69) is 18.2 Å². The fourth-order valence-corrected chi connectivity index (χ4v) is 7.95. The van der Waals surface area contributed by atoms with Crippen molar-refractivity contribution >= 4 is 28.9 Å². The van der Waals surface area contributed by atoms with Crippen LogP contribution in [0.15, 0.2) is 89.9 Å². The van der Waals surface area contributed by atoms with Crippen molar-refractivity contribution in [2.45, 2.75) is 31.6 Å². The van der Waals surface area contributed by atoms with E-state index in [-0.39, 0.29) is 5.92 Å². The molecule has 140 valence electrons. The third kappa shape index (κ3) is 2.79. The zero-order valence-electron chi connectivity index (χ0n) is 15.9. The van der Waals surface area contributed by atoms with Gasteiger partial charge >= 0.3 is 0 Å². The maximum absolute atomic E-state index is 14.9. The lowest BCUT2D eigenvalue weighted by Gasteiger charge is -2.39. The fourth-order valence-electron chi connectivity index (χ4n) is 4.91. The average Bonchev–Trinajstić information content (AvgIpc) is 2.79. The van der Waals surface area contributed by atoms with Crippen molar-refractivity contribution in [1.29, 1.82) is 0 Å². The summed E-state index contributed by atoms with van der Waals surface area (Å²) in [5, 5.41) is 1.78. The summed E-state index contributed by atoms with van der Waals surface area (Å²) in [7, 11) is -2.99. The van der Waals surface area contributed by atoms with Crippen molar-refractivity contribution in [2.75, 3.05) is 0 Å². The Balaban J connectivity index is 1.77. The Hall–Kier alpha value is -2.44. The smallest absolute Gasteiger partial charge is 0.184 e. The molecule has 1 aliphatic carbocycles. The van der Waals surface area contributed by atoms with Gasteiger partial charge in [0.2, 0.25) is 0 Å². The molecule has 5 rings (SSSR count). The van der Waals surface area contributed by atoms with E-state index in [1.54, 1.807) is 0 Å². The second-order valence-corrected chi connectivity index (χ2v) is 10.5. The maximum atomic E-state index is 14.9. The van der Waals surface area contributed by atoms with Gasteiger partial charge < -0.3 is 4.57 Å². The van der Waals surface area contributed by atoms with Crippen molar-refractivity contribution in [3.63, 3.8) is 0 Å². The molecule has 0 aromatic heterocycles. The van der Waals surface area contributed by atoms with Gasteiger partial charge in [-0.05, 0) is 30.4 Å². The molecule has 0 saturated heterocycles. The zero-order valence-corrected chi connectivity index (χ0v) is 16.8. The molecule has 2 aliphatic rings. The SMILES string of the molecule is O=P(C1=Nc2ccccc2C2CCCC[C@@H]12)(c1ccccc1)c1ccccc1. The van der Waals surface area contributed by atoms with Gasteiger partial charge in [-0.25, -0.2) is 4.99 Å². The van der Waals surface area contributed by atoms with Crippen molar-refractivity contribution < 1.29 is 4.57 Å². The van der Waals surface area contributed by atoms with Gasteiger partial charge in [-0.2, -0.15) is 0 Å². The third-order valence-electron chi connectivity index (χ3n) is 6.23. The van der Waals surface area contributed by atoms with Crippen LogP contribution in [-0.2, 0) is 4.57 Å². The highest BCUT2D eigenvalue weighted by Crippen LogP contribution is 2.57. The van der Waals surface area contributed by atoms with Gasteiger partial charge in [0.1, 0.15) is 0 Å². The zero-order chi connectivity index (χ0) is 19.0. The number of aliphatic imine (C=N–C) groups is 1. The molecule has 2 atom stereocenters. The van der Waals surface area contributed by atoms with Crippen LogP contribution in [0.1, 0.15) is 37.2 Å². The van der Waals surface area contributed by atoms with E-state index in [0.717, 1.165) is 34.6 Å². The van der Waals surface area contributed by atoms with E-state index in [0.29, 0.717) is 5.92 Å². The number of hydrogen-bond donors (Lipinski definition) is 0. The normalized spacial score (nSPS) is 21.4. The van der Waals surface area contributed by atoms with Crippen LogP contribution in [0.3, 0.4) is 0 Å². The van der Waals surface area contributed by atoms with Crippen molar-refractivity contribution in [1.82, 2.24) is 0 Å². The molecule has 28 heavy (non-hydrogen) atoms. The minimum absolute atomic E-state index is 0.259. The van der Waals surface area contributed by atoms with Crippen LogP contribution < -0.4 is 10.6 Å². The molecule has 0 spiro atoms. The van der Waals surface area contributed by atoms with Crippen LogP contribution in [0.2, 0.25) is 0 Å². The summed E-state index contributed by atoms with van der Waals surface area (Å²) in [6.45, 7) is 0. The molecule has 1 fully saturated rings. The molecule has 0 radical (unpaired) electrons. The molecular formula is C25H24NOP. The summed E-state index contributed by atoms with van der Waals surface area (Å²) in [6, 6.07) is 28.4. The van der Waals surface area contributed by atoms with Crippen LogP contribution in [0, 0.1) is 5.92 Å².